The standard InChI is InChI=1S/C17H15ClN2O3/c1-19(13-5-3-2-4-6-13)16(21)10-20-14-9-12(18)7-8-15(14)23-11-17(20)22/h2-9H,10-11H2,1H3. The van der Waals surface area contributed by atoms with Crippen molar-refractivity contribution in [2.24, 2.45) is 0 Å². The zero-order chi connectivity index (χ0) is 16.4. The van der Waals surface area contributed by atoms with Gasteiger partial charge < -0.3 is 9.64 Å². The molecule has 2 aromatic rings. The van der Waals surface area contributed by atoms with E-state index in [1.165, 1.54) is 9.80 Å². The maximum Gasteiger partial charge on any atom is 0.265 e. The number of carbonyl (C=O) groups excluding carboxylic acids is 2. The third-order valence-electron chi connectivity index (χ3n) is 3.67. The van der Waals surface area contributed by atoms with Crippen molar-refractivity contribution in [1.82, 2.24) is 0 Å². The minimum Gasteiger partial charge on any atom is -0.482 e. The molecule has 0 bridgehead atoms. The fourth-order valence-corrected chi connectivity index (χ4v) is 2.55. The molecule has 0 aromatic heterocycles. The van der Waals surface area contributed by atoms with Crippen LogP contribution in [-0.2, 0) is 9.59 Å². The maximum absolute atomic E-state index is 12.5. The first-order chi connectivity index (χ1) is 11.1. The molecule has 2 aromatic carbocycles. The molecule has 0 saturated carbocycles. The number of anilines is 2. The molecule has 23 heavy (non-hydrogen) atoms. The highest BCUT2D eigenvalue weighted by atomic mass is 35.5. The van der Waals surface area contributed by atoms with E-state index in [0.29, 0.717) is 16.5 Å². The first-order valence-electron chi connectivity index (χ1n) is 7.10. The fraction of sp³-hybridized carbons (Fsp3) is 0.176. The highest BCUT2D eigenvalue weighted by Gasteiger charge is 2.28. The number of fused-ring (bicyclic) bond motifs is 1. The molecular weight excluding hydrogens is 316 g/mol. The summed E-state index contributed by atoms with van der Waals surface area (Å²) in [4.78, 5) is 27.6. The van der Waals surface area contributed by atoms with Crippen LogP contribution in [0.3, 0.4) is 0 Å². The van der Waals surface area contributed by atoms with Crippen LogP contribution in [0.5, 0.6) is 5.75 Å². The average molecular weight is 331 g/mol. The Labute approximate surface area is 139 Å². The number of nitrogens with zero attached hydrogens (tertiary/aromatic N) is 2. The van der Waals surface area contributed by atoms with Gasteiger partial charge in [-0.2, -0.15) is 0 Å². The lowest BCUT2D eigenvalue weighted by Crippen LogP contribution is -2.45. The summed E-state index contributed by atoms with van der Waals surface area (Å²) in [6.07, 6.45) is 0. The predicted molar refractivity (Wildman–Crippen MR) is 89.2 cm³/mol. The Morgan fingerprint density at radius 2 is 2.00 bits per heavy atom. The van der Waals surface area contributed by atoms with Crippen molar-refractivity contribution in [3.05, 3.63) is 53.6 Å². The quantitative estimate of drug-likeness (QED) is 0.869. The van der Waals surface area contributed by atoms with Gasteiger partial charge in [0.2, 0.25) is 5.91 Å². The molecule has 118 valence electrons. The van der Waals surface area contributed by atoms with Crippen LogP contribution in [0.25, 0.3) is 0 Å². The average Bonchev–Trinajstić information content (AvgIpc) is 2.57. The summed E-state index contributed by atoms with van der Waals surface area (Å²) in [5.41, 5.74) is 1.29. The summed E-state index contributed by atoms with van der Waals surface area (Å²) in [6, 6.07) is 14.3. The number of halogens is 1. The van der Waals surface area contributed by atoms with Gasteiger partial charge >= 0.3 is 0 Å². The molecule has 0 atom stereocenters. The normalized spacial score (nSPS) is 13.3. The van der Waals surface area contributed by atoms with Crippen molar-refractivity contribution < 1.29 is 14.3 Å². The molecule has 0 unspecified atom stereocenters. The highest BCUT2D eigenvalue weighted by molar-refractivity contribution is 6.31. The maximum atomic E-state index is 12.5. The summed E-state index contributed by atoms with van der Waals surface area (Å²) in [5, 5.41) is 0.482. The first-order valence-corrected chi connectivity index (χ1v) is 7.48. The third kappa shape index (κ3) is 3.14. The second kappa shape index (κ2) is 6.30. The van der Waals surface area contributed by atoms with E-state index in [1.807, 2.05) is 30.3 Å². The Balaban J connectivity index is 1.84. The van der Waals surface area contributed by atoms with Crippen LogP contribution in [0.2, 0.25) is 5.02 Å². The molecule has 6 heteroatoms. The number of carbonyl (C=O) groups is 2. The van der Waals surface area contributed by atoms with E-state index < -0.39 is 0 Å². The SMILES string of the molecule is CN(C(=O)CN1C(=O)COc2ccc(Cl)cc21)c1ccccc1. The van der Waals surface area contributed by atoms with Gasteiger partial charge in [0.25, 0.3) is 5.91 Å². The van der Waals surface area contributed by atoms with Crippen LogP contribution in [0.4, 0.5) is 11.4 Å². The van der Waals surface area contributed by atoms with E-state index in [2.05, 4.69) is 0 Å². The molecule has 3 rings (SSSR count). The number of para-hydroxylation sites is 1. The van der Waals surface area contributed by atoms with Crippen molar-refractivity contribution in [3.63, 3.8) is 0 Å². The fourth-order valence-electron chi connectivity index (χ4n) is 2.39. The van der Waals surface area contributed by atoms with Gasteiger partial charge in [-0.1, -0.05) is 29.8 Å². The smallest absolute Gasteiger partial charge is 0.265 e. The van der Waals surface area contributed by atoms with Crippen molar-refractivity contribution in [3.8, 4) is 5.75 Å². The summed E-state index contributed by atoms with van der Waals surface area (Å²) in [5.74, 6) is 0.0797. The Morgan fingerprint density at radius 1 is 1.26 bits per heavy atom. The van der Waals surface area contributed by atoms with Gasteiger partial charge in [0.05, 0.1) is 5.69 Å². The number of benzene rings is 2. The van der Waals surface area contributed by atoms with Gasteiger partial charge in [-0.15, -0.1) is 0 Å². The topological polar surface area (TPSA) is 49.9 Å². The zero-order valence-electron chi connectivity index (χ0n) is 12.5. The number of rotatable bonds is 3. The van der Waals surface area contributed by atoms with E-state index in [-0.39, 0.29) is 25.0 Å². The van der Waals surface area contributed by atoms with Crippen LogP contribution in [0.15, 0.2) is 48.5 Å². The van der Waals surface area contributed by atoms with E-state index in [9.17, 15) is 9.59 Å². The van der Waals surface area contributed by atoms with Gasteiger partial charge in [-0.25, -0.2) is 0 Å². The molecule has 5 nitrogen and oxygen atoms in total. The van der Waals surface area contributed by atoms with E-state index in [4.69, 9.17) is 16.3 Å². The lowest BCUT2D eigenvalue weighted by molar-refractivity contribution is -0.124. The summed E-state index contributed by atoms with van der Waals surface area (Å²) in [7, 11) is 1.68. The zero-order valence-corrected chi connectivity index (χ0v) is 13.3. The van der Waals surface area contributed by atoms with Gasteiger partial charge in [-0.05, 0) is 30.3 Å². The van der Waals surface area contributed by atoms with E-state index >= 15 is 0 Å². The van der Waals surface area contributed by atoms with Gasteiger partial charge in [0.1, 0.15) is 12.3 Å². The van der Waals surface area contributed by atoms with Crippen LogP contribution in [0, 0.1) is 0 Å². The molecular formula is C17H15ClN2O3. The molecule has 0 saturated heterocycles. The second-order valence-electron chi connectivity index (χ2n) is 5.17. The van der Waals surface area contributed by atoms with Crippen molar-refractivity contribution in [1.29, 1.82) is 0 Å². The van der Waals surface area contributed by atoms with Gasteiger partial charge in [0, 0.05) is 17.8 Å². The van der Waals surface area contributed by atoms with Crippen molar-refractivity contribution in [2.75, 3.05) is 30.0 Å². The molecule has 1 aliphatic rings. The minimum atomic E-state index is -0.269. The molecule has 0 fully saturated rings. The second-order valence-corrected chi connectivity index (χ2v) is 5.61. The largest absolute Gasteiger partial charge is 0.482 e. The summed E-state index contributed by atoms with van der Waals surface area (Å²) < 4.78 is 5.37. The van der Waals surface area contributed by atoms with E-state index in [1.54, 1.807) is 25.2 Å². The molecule has 0 aliphatic carbocycles. The monoisotopic (exact) mass is 330 g/mol. The first kappa shape index (κ1) is 15.4. The number of ether oxygens (including phenoxy) is 1. The van der Waals surface area contributed by atoms with Gasteiger partial charge in [-0.3, -0.25) is 14.5 Å². The molecule has 1 heterocycles. The Hall–Kier alpha value is -2.53. The number of hydrogen-bond donors (Lipinski definition) is 0. The Bertz CT molecular complexity index is 749. The van der Waals surface area contributed by atoms with Crippen LogP contribution in [0.1, 0.15) is 0 Å². The number of hydrogen-bond acceptors (Lipinski definition) is 3. The molecule has 2 amide bonds. The molecule has 1 aliphatic heterocycles. The lowest BCUT2D eigenvalue weighted by atomic mass is 10.2. The summed E-state index contributed by atoms with van der Waals surface area (Å²) >= 11 is 6.00. The lowest BCUT2D eigenvalue weighted by Gasteiger charge is -2.30. The van der Waals surface area contributed by atoms with Gasteiger partial charge in [0.15, 0.2) is 6.61 Å². The Kier molecular flexibility index (Phi) is 4.21. The molecule has 0 radical (unpaired) electrons. The highest BCUT2D eigenvalue weighted by Crippen LogP contribution is 2.34. The Morgan fingerprint density at radius 3 is 2.74 bits per heavy atom. The van der Waals surface area contributed by atoms with Crippen LogP contribution in [-0.4, -0.2) is 32.0 Å². The van der Waals surface area contributed by atoms with Crippen molar-refractivity contribution >= 4 is 34.8 Å². The molecule has 0 N–H and O–H groups in total. The number of likely N-dealkylation sites (N-methyl/N-ethyl adjacent to an activating group) is 1. The summed E-state index contributed by atoms with van der Waals surface area (Å²) in [6.45, 7) is -0.155. The van der Waals surface area contributed by atoms with Crippen LogP contribution >= 0.6 is 11.6 Å². The molecule has 0 spiro atoms. The van der Waals surface area contributed by atoms with Crippen molar-refractivity contribution in [2.45, 2.75) is 0 Å². The predicted octanol–water partition coefficient (Wildman–Crippen LogP) is 2.73. The number of amides is 2. The van der Waals surface area contributed by atoms with E-state index in [0.717, 1.165) is 5.69 Å². The minimum absolute atomic E-state index is 0.0685. The third-order valence-corrected chi connectivity index (χ3v) is 3.91. The van der Waals surface area contributed by atoms with Crippen LogP contribution < -0.4 is 14.5 Å².